The van der Waals surface area contributed by atoms with Gasteiger partial charge >= 0.3 is 0 Å². The summed E-state index contributed by atoms with van der Waals surface area (Å²) in [6.07, 6.45) is 3.35. The van der Waals surface area contributed by atoms with E-state index in [-0.39, 0.29) is 17.4 Å². The fourth-order valence-electron chi connectivity index (χ4n) is 3.25. The number of nitrogens with zero attached hydrogens (tertiary/aromatic N) is 3. The fourth-order valence-corrected chi connectivity index (χ4v) is 3.25. The van der Waals surface area contributed by atoms with E-state index in [9.17, 15) is 4.79 Å². The third-order valence-electron chi connectivity index (χ3n) is 4.63. The first-order valence-electron chi connectivity index (χ1n) is 9.96. The van der Waals surface area contributed by atoms with Crippen molar-refractivity contribution in [1.29, 1.82) is 5.26 Å². The monoisotopic (exact) mass is 398 g/mol. The minimum Gasteiger partial charge on any atom is -0.347 e. The summed E-state index contributed by atoms with van der Waals surface area (Å²) in [5, 5.41) is 12.1. The van der Waals surface area contributed by atoms with Crippen molar-refractivity contribution in [1.82, 2.24) is 15.3 Å². The van der Waals surface area contributed by atoms with Gasteiger partial charge in [-0.25, -0.2) is 9.97 Å². The Kier molecular flexibility index (Phi) is 5.98. The third-order valence-corrected chi connectivity index (χ3v) is 4.63. The Balaban J connectivity index is 2.18. The first-order chi connectivity index (χ1) is 14.2. The Morgan fingerprint density at radius 3 is 2.30 bits per heavy atom. The second-order valence-electron chi connectivity index (χ2n) is 8.67. The standard InChI is InChI=1S/C25H26N4O/c1-16(2)23-22(14-27-15-28-23)20-10-19(18-8-6-17(13-26)7-9-18)11-21(12-20)24(30)29-25(3,4)5/h6-12,14-16H,1-5H3,(H,29,30). The molecule has 0 saturated heterocycles. The lowest BCUT2D eigenvalue weighted by Crippen LogP contribution is -2.40. The predicted molar refractivity (Wildman–Crippen MR) is 119 cm³/mol. The number of amides is 1. The highest BCUT2D eigenvalue weighted by Gasteiger charge is 2.19. The van der Waals surface area contributed by atoms with Crippen LogP contribution in [0.25, 0.3) is 22.3 Å². The summed E-state index contributed by atoms with van der Waals surface area (Å²) in [7, 11) is 0. The average Bonchev–Trinajstić information content (AvgIpc) is 2.72. The van der Waals surface area contributed by atoms with Crippen LogP contribution in [0.15, 0.2) is 55.0 Å². The molecule has 5 nitrogen and oxygen atoms in total. The molecular weight excluding hydrogens is 372 g/mol. The van der Waals surface area contributed by atoms with Crippen molar-refractivity contribution >= 4 is 5.91 Å². The summed E-state index contributed by atoms with van der Waals surface area (Å²) < 4.78 is 0. The maximum absolute atomic E-state index is 13.0. The third kappa shape index (κ3) is 4.90. The van der Waals surface area contributed by atoms with Gasteiger partial charge in [-0.2, -0.15) is 5.26 Å². The van der Waals surface area contributed by atoms with E-state index in [0.29, 0.717) is 11.1 Å². The van der Waals surface area contributed by atoms with Crippen molar-refractivity contribution < 1.29 is 4.79 Å². The maximum Gasteiger partial charge on any atom is 0.251 e. The zero-order chi connectivity index (χ0) is 21.9. The Hall–Kier alpha value is -3.52. The van der Waals surface area contributed by atoms with E-state index in [0.717, 1.165) is 27.9 Å². The molecule has 3 rings (SSSR count). The molecule has 0 atom stereocenters. The minimum absolute atomic E-state index is 0.137. The van der Waals surface area contributed by atoms with Crippen LogP contribution >= 0.6 is 0 Å². The van der Waals surface area contributed by atoms with E-state index in [2.05, 4.69) is 35.2 Å². The molecule has 0 radical (unpaired) electrons. The molecule has 0 aliphatic heterocycles. The first kappa shape index (κ1) is 21.2. The normalized spacial score (nSPS) is 11.2. The number of hydrogen-bond donors (Lipinski definition) is 1. The fraction of sp³-hybridized carbons (Fsp3) is 0.280. The minimum atomic E-state index is -0.347. The lowest BCUT2D eigenvalue weighted by molar-refractivity contribution is 0.0919. The van der Waals surface area contributed by atoms with E-state index in [1.54, 1.807) is 24.7 Å². The molecule has 1 heterocycles. The molecule has 0 aliphatic rings. The zero-order valence-corrected chi connectivity index (χ0v) is 18.0. The second-order valence-corrected chi connectivity index (χ2v) is 8.67. The van der Waals surface area contributed by atoms with Crippen LogP contribution in [-0.2, 0) is 0 Å². The molecule has 3 aromatic rings. The lowest BCUT2D eigenvalue weighted by atomic mass is 9.93. The molecule has 152 valence electrons. The van der Waals surface area contributed by atoms with Crippen LogP contribution in [0, 0.1) is 11.3 Å². The summed E-state index contributed by atoms with van der Waals surface area (Å²) in [4.78, 5) is 21.6. The van der Waals surface area contributed by atoms with Crippen molar-refractivity contribution in [2.45, 2.75) is 46.1 Å². The Labute approximate surface area is 177 Å². The number of aromatic nitrogens is 2. The molecule has 0 bridgehead atoms. The molecule has 1 aromatic heterocycles. The second kappa shape index (κ2) is 8.46. The van der Waals surface area contributed by atoms with Gasteiger partial charge in [0, 0.05) is 22.9 Å². The van der Waals surface area contributed by atoms with Gasteiger partial charge in [-0.05, 0) is 73.7 Å². The van der Waals surface area contributed by atoms with Gasteiger partial charge in [-0.3, -0.25) is 4.79 Å². The number of nitrogens with one attached hydrogen (secondary N) is 1. The summed E-state index contributed by atoms with van der Waals surface area (Å²) in [5.74, 6) is 0.0793. The van der Waals surface area contributed by atoms with E-state index < -0.39 is 0 Å². The van der Waals surface area contributed by atoms with E-state index in [1.807, 2.05) is 51.1 Å². The zero-order valence-electron chi connectivity index (χ0n) is 18.0. The van der Waals surface area contributed by atoms with Crippen LogP contribution in [0.1, 0.15) is 62.2 Å². The molecule has 2 aromatic carbocycles. The first-order valence-corrected chi connectivity index (χ1v) is 9.96. The van der Waals surface area contributed by atoms with Crippen molar-refractivity contribution in [3.05, 3.63) is 71.8 Å². The van der Waals surface area contributed by atoms with Gasteiger partial charge in [0.1, 0.15) is 6.33 Å². The number of nitriles is 1. The molecule has 0 fully saturated rings. The van der Waals surface area contributed by atoms with E-state index in [4.69, 9.17) is 5.26 Å². The maximum atomic E-state index is 13.0. The number of benzene rings is 2. The molecule has 0 aliphatic carbocycles. The topological polar surface area (TPSA) is 78.7 Å². The SMILES string of the molecule is CC(C)c1ncncc1-c1cc(C(=O)NC(C)(C)C)cc(-c2ccc(C#N)cc2)c1. The highest BCUT2D eigenvalue weighted by atomic mass is 16.1. The summed E-state index contributed by atoms with van der Waals surface area (Å²) in [5.41, 5.74) is 5.38. The van der Waals surface area contributed by atoms with Crippen molar-refractivity contribution in [3.63, 3.8) is 0 Å². The summed E-state index contributed by atoms with van der Waals surface area (Å²) in [6.45, 7) is 10.0. The van der Waals surface area contributed by atoms with Gasteiger partial charge in [0.2, 0.25) is 0 Å². The predicted octanol–water partition coefficient (Wildman–Crippen LogP) is 5.33. The lowest BCUT2D eigenvalue weighted by Gasteiger charge is -2.21. The molecule has 0 unspecified atom stereocenters. The highest BCUT2D eigenvalue weighted by Crippen LogP contribution is 2.32. The summed E-state index contributed by atoms with van der Waals surface area (Å²) >= 11 is 0. The smallest absolute Gasteiger partial charge is 0.251 e. The van der Waals surface area contributed by atoms with Gasteiger partial charge < -0.3 is 5.32 Å². The largest absolute Gasteiger partial charge is 0.347 e. The molecule has 5 heteroatoms. The van der Waals surface area contributed by atoms with E-state index >= 15 is 0 Å². The molecule has 0 saturated carbocycles. The Morgan fingerprint density at radius 2 is 1.70 bits per heavy atom. The number of carbonyl (C=O) groups is 1. The van der Waals surface area contributed by atoms with Crippen LogP contribution in [0.4, 0.5) is 0 Å². The number of rotatable bonds is 4. The van der Waals surface area contributed by atoms with Crippen molar-refractivity contribution in [2.24, 2.45) is 0 Å². The Bertz CT molecular complexity index is 1100. The van der Waals surface area contributed by atoms with Crippen molar-refractivity contribution in [3.8, 4) is 28.3 Å². The Morgan fingerprint density at radius 1 is 1.03 bits per heavy atom. The van der Waals surface area contributed by atoms with E-state index in [1.165, 1.54) is 0 Å². The molecular formula is C25H26N4O. The van der Waals surface area contributed by atoms with Gasteiger partial charge in [-0.15, -0.1) is 0 Å². The summed E-state index contributed by atoms with van der Waals surface area (Å²) in [6, 6.07) is 15.3. The molecule has 30 heavy (non-hydrogen) atoms. The molecule has 1 amide bonds. The van der Waals surface area contributed by atoms with Crippen LogP contribution in [0.3, 0.4) is 0 Å². The van der Waals surface area contributed by atoms with Gasteiger partial charge in [0.25, 0.3) is 5.91 Å². The van der Waals surface area contributed by atoms with Gasteiger partial charge in [0.15, 0.2) is 0 Å². The van der Waals surface area contributed by atoms with Gasteiger partial charge in [-0.1, -0.05) is 26.0 Å². The van der Waals surface area contributed by atoms with Crippen LogP contribution in [0.5, 0.6) is 0 Å². The van der Waals surface area contributed by atoms with Crippen molar-refractivity contribution in [2.75, 3.05) is 0 Å². The molecule has 0 spiro atoms. The quantitative estimate of drug-likeness (QED) is 0.644. The average molecular weight is 399 g/mol. The van der Waals surface area contributed by atoms with Crippen LogP contribution < -0.4 is 5.32 Å². The number of hydrogen-bond acceptors (Lipinski definition) is 4. The molecule has 1 N–H and O–H groups in total. The highest BCUT2D eigenvalue weighted by molar-refractivity contribution is 5.97. The number of carbonyl (C=O) groups excluding carboxylic acids is 1. The van der Waals surface area contributed by atoms with Crippen LogP contribution in [-0.4, -0.2) is 21.4 Å². The van der Waals surface area contributed by atoms with Gasteiger partial charge in [0.05, 0.1) is 17.3 Å². The van der Waals surface area contributed by atoms with Crippen LogP contribution in [0.2, 0.25) is 0 Å².